The Morgan fingerprint density at radius 1 is 1.09 bits per heavy atom. The van der Waals surface area contributed by atoms with Crippen molar-refractivity contribution in [1.29, 1.82) is 0 Å². The number of nitrogens with one attached hydrogen (secondary N) is 2. The van der Waals surface area contributed by atoms with Gasteiger partial charge in [0, 0.05) is 12.0 Å². The molecule has 2 N–H and O–H groups in total. The summed E-state index contributed by atoms with van der Waals surface area (Å²) in [6.45, 7) is 0. The van der Waals surface area contributed by atoms with Gasteiger partial charge in [-0.2, -0.15) is 5.10 Å². The fraction of sp³-hybridized carbons (Fsp3) is 0.364. The predicted molar refractivity (Wildman–Crippen MR) is 118 cm³/mol. The van der Waals surface area contributed by atoms with Gasteiger partial charge in [0.1, 0.15) is 6.33 Å². The summed E-state index contributed by atoms with van der Waals surface area (Å²) in [7, 11) is 2.81. The van der Waals surface area contributed by atoms with E-state index >= 15 is 0 Å². The second kappa shape index (κ2) is 8.49. The molecule has 0 bridgehead atoms. The number of hydrogen-bond donors (Lipinski definition) is 2. The zero-order valence-corrected chi connectivity index (χ0v) is 18.2. The van der Waals surface area contributed by atoms with Crippen molar-refractivity contribution in [1.82, 2.24) is 25.0 Å². The summed E-state index contributed by atoms with van der Waals surface area (Å²) < 4.78 is 12.4. The van der Waals surface area contributed by atoms with Gasteiger partial charge in [-0.25, -0.2) is 14.5 Å². The summed E-state index contributed by atoms with van der Waals surface area (Å²) in [4.78, 5) is 28.9. The number of carbonyl (C=O) groups is 2. The van der Waals surface area contributed by atoms with Gasteiger partial charge in [-0.15, -0.1) is 10.2 Å². The van der Waals surface area contributed by atoms with Gasteiger partial charge in [0.05, 0.1) is 37.2 Å². The van der Waals surface area contributed by atoms with Crippen LogP contribution >= 0.6 is 0 Å². The van der Waals surface area contributed by atoms with Crippen molar-refractivity contribution in [3.05, 3.63) is 36.3 Å². The topological polar surface area (TPSA) is 133 Å². The average Bonchev–Trinajstić information content (AvgIpc) is 3.77. The molecule has 2 aromatic heterocycles. The molecule has 11 heteroatoms. The molecule has 0 radical (unpaired) electrons. The van der Waals surface area contributed by atoms with E-state index in [2.05, 4.69) is 30.9 Å². The molecule has 0 atom stereocenters. The lowest BCUT2D eigenvalue weighted by Gasteiger charge is -2.16. The third-order valence-electron chi connectivity index (χ3n) is 5.53. The minimum Gasteiger partial charge on any atom is -0.494 e. The SMILES string of the molecule is COC(=O)c1nnc(NC(=O)C2CC2)cc1Nc1cccc(-c2ncn(C3CC3)n2)c1OC. The number of para-hydroxylation sites is 1. The Bertz CT molecular complexity index is 1220. The second-order valence-corrected chi connectivity index (χ2v) is 8.04. The van der Waals surface area contributed by atoms with E-state index < -0.39 is 5.97 Å². The van der Waals surface area contributed by atoms with Crippen molar-refractivity contribution in [2.24, 2.45) is 5.92 Å². The highest BCUT2D eigenvalue weighted by Crippen LogP contribution is 2.39. The number of carbonyl (C=O) groups excluding carboxylic acids is 2. The molecular formula is C22H23N7O4. The zero-order valence-electron chi connectivity index (χ0n) is 18.2. The quantitative estimate of drug-likeness (QED) is 0.498. The van der Waals surface area contributed by atoms with E-state index in [1.165, 1.54) is 7.11 Å². The van der Waals surface area contributed by atoms with Crippen molar-refractivity contribution in [3.8, 4) is 17.1 Å². The fourth-order valence-corrected chi connectivity index (χ4v) is 3.46. The Balaban J connectivity index is 1.49. The number of nitrogens with zero attached hydrogens (tertiary/aromatic N) is 5. The molecule has 0 spiro atoms. The van der Waals surface area contributed by atoms with E-state index in [-0.39, 0.29) is 23.3 Å². The number of rotatable bonds is 8. The van der Waals surface area contributed by atoms with Crippen molar-refractivity contribution < 1.29 is 19.1 Å². The lowest BCUT2D eigenvalue weighted by molar-refractivity contribution is -0.117. The Hall–Kier alpha value is -4.02. The summed E-state index contributed by atoms with van der Waals surface area (Å²) in [6, 6.07) is 7.45. The molecule has 2 fully saturated rings. The second-order valence-electron chi connectivity index (χ2n) is 8.04. The molecule has 2 saturated carbocycles. The monoisotopic (exact) mass is 449 g/mol. The van der Waals surface area contributed by atoms with Crippen LogP contribution in [0.5, 0.6) is 5.75 Å². The maximum Gasteiger partial charge on any atom is 0.360 e. The number of amides is 1. The smallest absolute Gasteiger partial charge is 0.360 e. The van der Waals surface area contributed by atoms with Crippen LogP contribution in [0.1, 0.15) is 42.2 Å². The van der Waals surface area contributed by atoms with E-state index in [0.29, 0.717) is 34.6 Å². The first-order chi connectivity index (χ1) is 16.1. The van der Waals surface area contributed by atoms with Crippen LogP contribution in [0.15, 0.2) is 30.6 Å². The summed E-state index contributed by atoms with van der Waals surface area (Å²) in [5, 5.41) is 18.4. The lowest BCUT2D eigenvalue weighted by atomic mass is 10.1. The molecule has 170 valence electrons. The van der Waals surface area contributed by atoms with Gasteiger partial charge in [0.2, 0.25) is 5.91 Å². The van der Waals surface area contributed by atoms with Crippen LogP contribution in [-0.4, -0.2) is 51.1 Å². The highest BCUT2D eigenvalue weighted by molar-refractivity contribution is 5.97. The standard InChI is InChI=1S/C22H23N7O4/c1-32-19-14(20-23-11-29(28-20)13-8-9-13)4-3-5-15(19)24-16-10-17(25-21(30)12-6-7-12)26-27-18(16)22(31)33-2/h3-5,10-13H,6-9H2,1-2H3,(H2,24,25,26,30). The molecule has 5 rings (SSSR count). The molecule has 3 aromatic rings. The molecular weight excluding hydrogens is 426 g/mol. The molecule has 2 aliphatic rings. The summed E-state index contributed by atoms with van der Waals surface area (Å²) in [6.07, 6.45) is 5.65. The van der Waals surface area contributed by atoms with Crippen molar-refractivity contribution in [2.75, 3.05) is 24.9 Å². The van der Waals surface area contributed by atoms with E-state index in [4.69, 9.17) is 9.47 Å². The Kier molecular flexibility index (Phi) is 5.37. The molecule has 11 nitrogen and oxygen atoms in total. The van der Waals surface area contributed by atoms with Gasteiger partial charge in [0.15, 0.2) is 23.1 Å². The third-order valence-corrected chi connectivity index (χ3v) is 5.53. The van der Waals surface area contributed by atoms with Crippen molar-refractivity contribution in [3.63, 3.8) is 0 Å². The number of ether oxygens (including phenoxy) is 2. The molecule has 0 saturated heterocycles. The van der Waals surface area contributed by atoms with Crippen LogP contribution in [-0.2, 0) is 9.53 Å². The van der Waals surface area contributed by atoms with E-state index in [1.807, 2.05) is 16.8 Å². The van der Waals surface area contributed by atoms with Gasteiger partial charge in [-0.1, -0.05) is 6.07 Å². The first-order valence-electron chi connectivity index (χ1n) is 10.7. The molecule has 0 aliphatic heterocycles. The highest BCUT2D eigenvalue weighted by atomic mass is 16.5. The van der Waals surface area contributed by atoms with Gasteiger partial charge in [-0.3, -0.25) is 4.79 Å². The van der Waals surface area contributed by atoms with Crippen molar-refractivity contribution >= 4 is 29.1 Å². The van der Waals surface area contributed by atoms with E-state index in [1.54, 1.807) is 25.6 Å². The lowest BCUT2D eigenvalue weighted by Crippen LogP contribution is -2.17. The zero-order chi connectivity index (χ0) is 22.9. The molecule has 1 aromatic carbocycles. The summed E-state index contributed by atoms with van der Waals surface area (Å²) >= 11 is 0. The number of esters is 1. The average molecular weight is 449 g/mol. The summed E-state index contributed by atoms with van der Waals surface area (Å²) in [5.74, 6) is 0.510. The Labute approximate surface area is 189 Å². The number of hydrogen-bond acceptors (Lipinski definition) is 9. The fourth-order valence-electron chi connectivity index (χ4n) is 3.46. The number of benzene rings is 1. The minimum atomic E-state index is -0.662. The van der Waals surface area contributed by atoms with Crippen LogP contribution < -0.4 is 15.4 Å². The maximum absolute atomic E-state index is 12.3. The predicted octanol–water partition coefficient (Wildman–Crippen LogP) is 2.96. The minimum absolute atomic E-state index is 0.00298. The van der Waals surface area contributed by atoms with Crippen LogP contribution in [0.4, 0.5) is 17.2 Å². The molecule has 2 heterocycles. The third kappa shape index (κ3) is 4.34. The number of methoxy groups -OCH3 is 2. The van der Waals surface area contributed by atoms with E-state index in [0.717, 1.165) is 25.7 Å². The highest BCUT2D eigenvalue weighted by Gasteiger charge is 2.30. The molecule has 1 amide bonds. The van der Waals surface area contributed by atoms with Gasteiger partial charge in [0.25, 0.3) is 0 Å². The molecule has 2 aliphatic carbocycles. The van der Waals surface area contributed by atoms with Crippen LogP contribution in [0.3, 0.4) is 0 Å². The molecule has 33 heavy (non-hydrogen) atoms. The summed E-state index contributed by atoms with van der Waals surface area (Å²) in [5.41, 5.74) is 1.56. The largest absolute Gasteiger partial charge is 0.494 e. The molecule has 0 unspecified atom stereocenters. The Morgan fingerprint density at radius 2 is 1.91 bits per heavy atom. The van der Waals surface area contributed by atoms with Gasteiger partial charge < -0.3 is 20.1 Å². The van der Waals surface area contributed by atoms with E-state index in [9.17, 15) is 9.59 Å². The van der Waals surface area contributed by atoms with Gasteiger partial charge in [-0.05, 0) is 37.8 Å². The first-order valence-corrected chi connectivity index (χ1v) is 10.7. The van der Waals surface area contributed by atoms with Crippen molar-refractivity contribution in [2.45, 2.75) is 31.7 Å². The number of aromatic nitrogens is 5. The number of anilines is 3. The Morgan fingerprint density at radius 3 is 2.61 bits per heavy atom. The van der Waals surface area contributed by atoms with Crippen LogP contribution in [0.25, 0.3) is 11.4 Å². The first kappa shape index (κ1) is 20.9. The normalized spacial score (nSPS) is 15.1. The van der Waals surface area contributed by atoms with Gasteiger partial charge >= 0.3 is 5.97 Å². The van der Waals surface area contributed by atoms with Crippen LogP contribution in [0, 0.1) is 5.92 Å². The van der Waals surface area contributed by atoms with Crippen LogP contribution in [0.2, 0.25) is 0 Å². The maximum atomic E-state index is 12.3.